The van der Waals surface area contributed by atoms with Crippen LogP contribution < -0.4 is 0 Å². The Bertz CT molecular complexity index is 532. The average Bonchev–Trinajstić information content (AvgIpc) is 2.69. The van der Waals surface area contributed by atoms with Gasteiger partial charge >= 0.3 is 0 Å². The number of rotatable bonds is 3. The summed E-state index contributed by atoms with van der Waals surface area (Å²) in [5, 5.41) is 0. The van der Waals surface area contributed by atoms with Crippen molar-refractivity contribution < 1.29 is 8.42 Å². The summed E-state index contributed by atoms with van der Waals surface area (Å²) in [6.07, 6.45) is 3.00. The molecule has 0 aliphatic carbocycles. The highest BCUT2D eigenvalue weighted by atomic mass is 35.5. The first kappa shape index (κ1) is 15.2. The number of likely N-dealkylation sites (N-methyl/N-ethyl adjacent to an activating group) is 1. The summed E-state index contributed by atoms with van der Waals surface area (Å²) in [4.78, 5) is 6.02. The Morgan fingerprint density at radius 3 is 2.84 bits per heavy atom. The first-order valence-electron chi connectivity index (χ1n) is 6.27. The van der Waals surface area contributed by atoms with Gasteiger partial charge < -0.3 is 4.90 Å². The van der Waals surface area contributed by atoms with Gasteiger partial charge in [0.1, 0.15) is 0 Å². The number of sulfonamides is 1. The highest BCUT2D eigenvalue weighted by Gasteiger charge is 2.33. The third-order valence-corrected chi connectivity index (χ3v) is 6.84. The van der Waals surface area contributed by atoms with Crippen molar-refractivity contribution in [1.82, 2.24) is 14.2 Å². The molecule has 1 aromatic rings. The predicted molar refractivity (Wildman–Crippen MR) is 77.2 cm³/mol. The summed E-state index contributed by atoms with van der Waals surface area (Å²) >= 11 is 6.77. The van der Waals surface area contributed by atoms with Crippen molar-refractivity contribution in [2.24, 2.45) is 0 Å². The van der Waals surface area contributed by atoms with Crippen LogP contribution >= 0.6 is 22.9 Å². The molecule has 2 heterocycles. The molecule has 5 nitrogen and oxygen atoms in total. The maximum Gasteiger partial charge on any atom is 0.254 e. The molecule has 1 aliphatic heterocycles. The third kappa shape index (κ3) is 3.28. The van der Waals surface area contributed by atoms with Crippen LogP contribution in [0.15, 0.2) is 10.4 Å². The van der Waals surface area contributed by atoms with Gasteiger partial charge in [0, 0.05) is 19.1 Å². The van der Waals surface area contributed by atoms with Gasteiger partial charge in [0.15, 0.2) is 8.68 Å². The van der Waals surface area contributed by atoms with Crippen LogP contribution in [-0.2, 0) is 10.0 Å². The minimum atomic E-state index is -3.47. The van der Waals surface area contributed by atoms with Crippen LogP contribution in [0.4, 0.5) is 0 Å². The largest absolute Gasteiger partial charge is 0.305 e. The van der Waals surface area contributed by atoms with Gasteiger partial charge in [-0.15, -0.1) is 0 Å². The molecule has 19 heavy (non-hydrogen) atoms. The van der Waals surface area contributed by atoms with E-state index in [1.165, 1.54) is 6.20 Å². The second-order valence-corrected chi connectivity index (χ2v) is 8.46. The summed E-state index contributed by atoms with van der Waals surface area (Å²) in [6, 6.07) is 0.0124. The molecule has 1 fully saturated rings. The Labute approximate surface area is 123 Å². The molecule has 8 heteroatoms. The van der Waals surface area contributed by atoms with Gasteiger partial charge in [-0.3, -0.25) is 0 Å². The van der Waals surface area contributed by atoms with Crippen LogP contribution in [0.3, 0.4) is 0 Å². The van der Waals surface area contributed by atoms with Gasteiger partial charge in [-0.25, -0.2) is 13.4 Å². The third-order valence-electron chi connectivity index (χ3n) is 3.34. The molecule has 1 aliphatic rings. The fourth-order valence-corrected chi connectivity index (χ4v) is 5.50. The average molecular weight is 324 g/mol. The molecule has 0 N–H and O–H groups in total. The summed E-state index contributed by atoms with van der Waals surface area (Å²) < 4.78 is 27.4. The zero-order chi connectivity index (χ0) is 14.0. The smallest absolute Gasteiger partial charge is 0.254 e. The summed E-state index contributed by atoms with van der Waals surface area (Å²) in [7, 11) is -1.44. The highest BCUT2D eigenvalue weighted by molar-refractivity contribution is 7.91. The van der Waals surface area contributed by atoms with E-state index >= 15 is 0 Å². The van der Waals surface area contributed by atoms with Crippen molar-refractivity contribution in [2.75, 3.05) is 26.7 Å². The van der Waals surface area contributed by atoms with Crippen molar-refractivity contribution >= 4 is 33.0 Å². The van der Waals surface area contributed by atoms with Crippen LogP contribution in [0.25, 0.3) is 0 Å². The first-order chi connectivity index (χ1) is 8.95. The van der Waals surface area contributed by atoms with Gasteiger partial charge in [0.2, 0.25) is 0 Å². The second-order valence-electron chi connectivity index (χ2n) is 4.73. The van der Waals surface area contributed by atoms with Crippen LogP contribution in [-0.4, -0.2) is 55.3 Å². The summed E-state index contributed by atoms with van der Waals surface area (Å²) in [5.74, 6) is 0. The van der Waals surface area contributed by atoms with E-state index in [1.54, 1.807) is 4.31 Å². The monoisotopic (exact) mass is 323 g/mol. The highest BCUT2D eigenvalue weighted by Crippen LogP contribution is 2.28. The quantitative estimate of drug-likeness (QED) is 0.852. The molecule has 1 saturated heterocycles. The molecule has 2 rings (SSSR count). The van der Waals surface area contributed by atoms with E-state index in [0.29, 0.717) is 6.54 Å². The number of halogens is 1. The molecule has 108 valence electrons. The lowest BCUT2D eigenvalue weighted by atomic mass is 10.2. The lowest BCUT2D eigenvalue weighted by Crippen LogP contribution is -2.43. The molecule has 1 unspecified atom stereocenters. The van der Waals surface area contributed by atoms with Crippen LogP contribution in [0.5, 0.6) is 0 Å². The minimum Gasteiger partial charge on any atom is -0.305 e. The normalized spacial score (nSPS) is 23.4. The van der Waals surface area contributed by atoms with Gasteiger partial charge in [-0.2, -0.15) is 4.31 Å². The van der Waals surface area contributed by atoms with Crippen LogP contribution in [0.1, 0.15) is 19.8 Å². The number of hydrogen-bond acceptors (Lipinski definition) is 5. The maximum absolute atomic E-state index is 12.6. The van der Waals surface area contributed by atoms with Crippen molar-refractivity contribution in [1.29, 1.82) is 0 Å². The SMILES string of the molecule is CCC1CN(C)CCCN1S(=O)(=O)c1cnc(Cl)s1. The molecule has 0 saturated carbocycles. The van der Waals surface area contributed by atoms with E-state index < -0.39 is 10.0 Å². The number of nitrogens with zero attached hydrogens (tertiary/aromatic N) is 3. The maximum atomic E-state index is 12.6. The predicted octanol–water partition coefficient (Wildman–Crippen LogP) is 1.90. The van der Waals surface area contributed by atoms with E-state index in [-0.39, 0.29) is 14.7 Å². The van der Waals surface area contributed by atoms with Crippen LogP contribution in [0, 0.1) is 0 Å². The molecular weight excluding hydrogens is 306 g/mol. The molecule has 0 amide bonds. The Balaban J connectivity index is 2.32. The van der Waals surface area contributed by atoms with E-state index in [0.717, 1.165) is 37.3 Å². The van der Waals surface area contributed by atoms with Crippen molar-refractivity contribution in [3.05, 3.63) is 10.7 Å². The van der Waals surface area contributed by atoms with E-state index in [4.69, 9.17) is 11.6 Å². The Morgan fingerprint density at radius 1 is 1.53 bits per heavy atom. The van der Waals surface area contributed by atoms with Gasteiger partial charge in [-0.1, -0.05) is 29.9 Å². The second kappa shape index (κ2) is 6.05. The molecule has 1 aromatic heterocycles. The lowest BCUT2D eigenvalue weighted by Gasteiger charge is -2.28. The Kier molecular flexibility index (Phi) is 4.84. The van der Waals surface area contributed by atoms with Crippen molar-refractivity contribution in [2.45, 2.75) is 30.0 Å². The molecule has 0 radical (unpaired) electrons. The summed E-state index contributed by atoms with van der Waals surface area (Å²) in [5.41, 5.74) is 0. The standard InChI is InChI=1S/C11H18ClN3O2S2/c1-3-9-8-14(2)5-4-6-15(9)19(16,17)10-7-13-11(12)18-10/h7,9H,3-6,8H2,1-2H3. The molecule has 1 atom stereocenters. The number of thiazole rings is 1. The van der Waals surface area contributed by atoms with Gasteiger partial charge in [0.25, 0.3) is 10.0 Å². The van der Waals surface area contributed by atoms with E-state index in [2.05, 4.69) is 9.88 Å². The minimum absolute atomic E-state index is 0.0124. The topological polar surface area (TPSA) is 53.5 Å². The molecule has 0 aromatic carbocycles. The molecule has 0 spiro atoms. The molecule has 0 bridgehead atoms. The Morgan fingerprint density at radius 2 is 2.26 bits per heavy atom. The summed E-state index contributed by atoms with van der Waals surface area (Å²) in [6.45, 7) is 4.26. The zero-order valence-corrected chi connectivity index (χ0v) is 13.4. The first-order valence-corrected chi connectivity index (χ1v) is 8.90. The van der Waals surface area contributed by atoms with E-state index in [9.17, 15) is 8.42 Å². The number of aromatic nitrogens is 1. The van der Waals surface area contributed by atoms with E-state index in [1.807, 2.05) is 14.0 Å². The van der Waals surface area contributed by atoms with Crippen molar-refractivity contribution in [3.63, 3.8) is 0 Å². The zero-order valence-electron chi connectivity index (χ0n) is 11.0. The van der Waals surface area contributed by atoms with Crippen molar-refractivity contribution in [3.8, 4) is 0 Å². The Hall–Kier alpha value is -0.210. The fourth-order valence-electron chi connectivity index (χ4n) is 2.34. The number of hydrogen-bond donors (Lipinski definition) is 0. The molecular formula is C11H18ClN3O2S2. The van der Waals surface area contributed by atoms with Crippen LogP contribution in [0.2, 0.25) is 4.47 Å². The van der Waals surface area contributed by atoms with Gasteiger partial charge in [0.05, 0.1) is 6.20 Å². The fraction of sp³-hybridized carbons (Fsp3) is 0.727. The van der Waals surface area contributed by atoms with Gasteiger partial charge in [-0.05, 0) is 26.4 Å². The lowest BCUT2D eigenvalue weighted by molar-refractivity contribution is 0.270.